The van der Waals surface area contributed by atoms with E-state index < -0.39 is 0 Å². The van der Waals surface area contributed by atoms with Crippen molar-refractivity contribution in [2.24, 2.45) is 0 Å². The molecule has 74 valence electrons. The minimum atomic E-state index is 0.240. The first-order valence-electron chi connectivity index (χ1n) is 4.28. The zero-order chi connectivity index (χ0) is 10.7. The van der Waals surface area contributed by atoms with E-state index in [9.17, 15) is 0 Å². The molecule has 0 aromatic carbocycles. The largest absolute Gasteiger partial charge is 0.367 e. The van der Waals surface area contributed by atoms with Gasteiger partial charge in [-0.2, -0.15) is 5.26 Å². The molecule has 0 amide bonds. The number of hydrogen-bond acceptors (Lipinski definition) is 5. The first-order valence-corrected chi connectivity index (χ1v) is 4.28. The number of rotatable bonds is 2. The molecule has 0 aliphatic heterocycles. The Morgan fingerprint density at radius 3 is 3.00 bits per heavy atom. The summed E-state index contributed by atoms with van der Waals surface area (Å²) in [5.41, 5.74) is 6.71. The van der Waals surface area contributed by atoms with Crippen LogP contribution in [-0.4, -0.2) is 19.7 Å². The molecular formula is C9H8N6. The number of nitrogens with two attached hydrogens (primary N) is 1. The molecule has 2 aromatic heterocycles. The summed E-state index contributed by atoms with van der Waals surface area (Å²) in [5.74, 6) is 0.240. The average molecular weight is 200 g/mol. The van der Waals surface area contributed by atoms with Gasteiger partial charge in [-0.15, -0.1) is 5.10 Å². The Labute approximate surface area is 86.0 Å². The molecule has 0 spiro atoms. The molecule has 0 bridgehead atoms. The highest BCUT2D eigenvalue weighted by Crippen LogP contribution is 2.03. The van der Waals surface area contributed by atoms with Gasteiger partial charge in [0, 0.05) is 6.20 Å². The van der Waals surface area contributed by atoms with Crippen LogP contribution in [0.5, 0.6) is 0 Å². The molecule has 0 atom stereocenters. The molecule has 2 N–H and O–H groups in total. The molecule has 6 heteroatoms. The Balaban J connectivity index is 2.21. The minimum absolute atomic E-state index is 0.240. The molecule has 0 fully saturated rings. The summed E-state index contributed by atoms with van der Waals surface area (Å²) >= 11 is 0. The van der Waals surface area contributed by atoms with E-state index in [4.69, 9.17) is 11.0 Å². The van der Waals surface area contributed by atoms with E-state index in [2.05, 4.69) is 15.1 Å². The average Bonchev–Trinajstić information content (AvgIpc) is 2.64. The monoisotopic (exact) mass is 200 g/mol. The van der Waals surface area contributed by atoms with Crippen molar-refractivity contribution in [1.29, 1.82) is 5.26 Å². The van der Waals surface area contributed by atoms with Crippen LogP contribution in [0.2, 0.25) is 0 Å². The highest BCUT2D eigenvalue weighted by atomic mass is 15.4. The number of nitrogen functional groups attached to an aromatic ring is 1. The van der Waals surface area contributed by atoms with Crippen LogP contribution in [0.15, 0.2) is 24.7 Å². The summed E-state index contributed by atoms with van der Waals surface area (Å²) in [4.78, 5) is 7.68. The van der Waals surface area contributed by atoms with E-state index in [-0.39, 0.29) is 5.95 Å². The number of hydrogen-bond donors (Lipinski definition) is 1. The number of nitrogens with zero attached hydrogens (tertiary/aromatic N) is 5. The Hall–Kier alpha value is -2.42. The molecule has 0 aliphatic carbocycles. The van der Waals surface area contributed by atoms with Crippen LogP contribution in [-0.2, 0) is 6.54 Å². The maximum atomic E-state index is 8.66. The summed E-state index contributed by atoms with van der Waals surface area (Å²) in [6.07, 6.45) is 3.13. The van der Waals surface area contributed by atoms with Crippen molar-refractivity contribution in [3.63, 3.8) is 0 Å². The van der Waals surface area contributed by atoms with Gasteiger partial charge in [0.2, 0.25) is 5.95 Å². The van der Waals surface area contributed by atoms with E-state index in [1.165, 1.54) is 0 Å². The summed E-state index contributed by atoms with van der Waals surface area (Å²) < 4.78 is 1.60. The maximum absolute atomic E-state index is 8.66. The predicted molar refractivity (Wildman–Crippen MR) is 52.5 cm³/mol. The second kappa shape index (κ2) is 3.75. The van der Waals surface area contributed by atoms with Crippen molar-refractivity contribution in [3.05, 3.63) is 35.9 Å². The standard InChI is InChI=1S/C9H8N6/c10-4-8-3-7(1-2-12-8)5-15-6-13-9(11)14-15/h1-3,6H,5H2,(H2,11,14). The Morgan fingerprint density at radius 2 is 2.33 bits per heavy atom. The molecule has 2 aromatic rings. The second-order valence-electron chi connectivity index (χ2n) is 2.96. The lowest BCUT2D eigenvalue weighted by molar-refractivity contribution is 0.686. The highest BCUT2D eigenvalue weighted by Gasteiger charge is 1.99. The lowest BCUT2D eigenvalue weighted by Gasteiger charge is -2.00. The van der Waals surface area contributed by atoms with Crippen molar-refractivity contribution in [1.82, 2.24) is 19.7 Å². The van der Waals surface area contributed by atoms with Gasteiger partial charge in [-0.05, 0) is 17.7 Å². The first kappa shape index (κ1) is 9.15. The van der Waals surface area contributed by atoms with Gasteiger partial charge in [0.05, 0.1) is 6.54 Å². The fraction of sp³-hybridized carbons (Fsp3) is 0.111. The zero-order valence-corrected chi connectivity index (χ0v) is 7.83. The van der Waals surface area contributed by atoms with E-state index >= 15 is 0 Å². The molecule has 0 saturated heterocycles. The topological polar surface area (TPSA) is 93.4 Å². The summed E-state index contributed by atoms with van der Waals surface area (Å²) in [7, 11) is 0. The maximum Gasteiger partial charge on any atom is 0.239 e. The van der Waals surface area contributed by atoms with Crippen LogP contribution in [0.3, 0.4) is 0 Å². The smallest absolute Gasteiger partial charge is 0.239 e. The van der Waals surface area contributed by atoms with Crippen molar-refractivity contribution in [2.75, 3.05) is 5.73 Å². The third-order valence-corrected chi connectivity index (χ3v) is 1.84. The van der Waals surface area contributed by atoms with Gasteiger partial charge in [-0.25, -0.2) is 14.6 Å². The van der Waals surface area contributed by atoms with E-state index in [0.29, 0.717) is 12.2 Å². The van der Waals surface area contributed by atoms with Crippen molar-refractivity contribution >= 4 is 5.95 Å². The zero-order valence-electron chi connectivity index (χ0n) is 7.83. The second-order valence-corrected chi connectivity index (χ2v) is 2.96. The lowest BCUT2D eigenvalue weighted by Crippen LogP contribution is -2.01. The van der Waals surface area contributed by atoms with Crippen LogP contribution in [0, 0.1) is 11.3 Å². The van der Waals surface area contributed by atoms with Crippen molar-refractivity contribution in [3.8, 4) is 6.07 Å². The minimum Gasteiger partial charge on any atom is -0.367 e. The third-order valence-electron chi connectivity index (χ3n) is 1.84. The van der Waals surface area contributed by atoms with Crippen LogP contribution in [0.4, 0.5) is 5.95 Å². The van der Waals surface area contributed by atoms with Gasteiger partial charge in [0.25, 0.3) is 0 Å². The van der Waals surface area contributed by atoms with Gasteiger partial charge in [-0.1, -0.05) is 0 Å². The summed E-state index contributed by atoms with van der Waals surface area (Å²) in [5, 5.41) is 12.6. The number of nitriles is 1. The molecule has 0 aliphatic rings. The molecule has 2 heterocycles. The van der Waals surface area contributed by atoms with E-state index in [1.54, 1.807) is 23.3 Å². The fourth-order valence-corrected chi connectivity index (χ4v) is 1.21. The Kier molecular flexibility index (Phi) is 2.29. The number of aromatic nitrogens is 4. The lowest BCUT2D eigenvalue weighted by atomic mass is 10.2. The van der Waals surface area contributed by atoms with Crippen LogP contribution >= 0.6 is 0 Å². The molecule has 2 rings (SSSR count). The van der Waals surface area contributed by atoms with Gasteiger partial charge in [0.15, 0.2) is 0 Å². The van der Waals surface area contributed by atoms with Gasteiger partial charge in [0.1, 0.15) is 18.1 Å². The molecule has 6 nitrogen and oxygen atoms in total. The molecule has 0 saturated carbocycles. The molecule has 0 unspecified atom stereocenters. The van der Waals surface area contributed by atoms with E-state index in [0.717, 1.165) is 5.56 Å². The van der Waals surface area contributed by atoms with Crippen LogP contribution < -0.4 is 5.73 Å². The van der Waals surface area contributed by atoms with Crippen molar-refractivity contribution < 1.29 is 0 Å². The van der Waals surface area contributed by atoms with Gasteiger partial charge in [-0.3, -0.25) is 0 Å². The number of anilines is 1. The van der Waals surface area contributed by atoms with E-state index in [1.807, 2.05) is 12.1 Å². The normalized spacial score (nSPS) is 9.80. The van der Waals surface area contributed by atoms with Crippen LogP contribution in [0.1, 0.15) is 11.3 Å². The summed E-state index contributed by atoms with van der Waals surface area (Å²) in [6.45, 7) is 0.529. The van der Waals surface area contributed by atoms with Crippen molar-refractivity contribution in [2.45, 2.75) is 6.54 Å². The van der Waals surface area contributed by atoms with Gasteiger partial charge >= 0.3 is 0 Å². The highest BCUT2D eigenvalue weighted by molar-refractivity contribution is 5.25. The molecule has 15 heavy (non-hydrogen) atoms. The fourth-order valence-electron chi connectivity index (χ4n) is 1.21. The third kappa shape index (κ3) is 2.08. The Bertz CT molecular complexity index is 509. The van der Waals surface area contributed by atoms with Crippen LogP contribution in [0.25, 0.3) is 0 Å². The molecular weight excluding hydrogens is 192 g/mol. The molecule has 0 radical (unpaired) electrons. The quantitative estimate of drug-likeness (QED) is 0.746. The SMILES string of the molecule is N#Cc1cc(Cn2cnc(N)n2)ccn1. The Morgan fingerprint density at radius 1 is 1.47 bits per heavy atom. The first-order chi connectivity index (χ1) is 7.28. The number of pyridine rings is 1. The summed E-state index contributed by atoms with van der Waals surface area (Å²) in [6, 6.07) is 5.50. The predicted octanol–water partition coefficient (Wildman–Crippen LogP) is 0.175. The van der Waals surface area contributed by atoms with Gasteiger partial charge < -0.3 is 5.73 Å².